The summed E-state index contributed by atoms with van der Waals surface area (Å²) < 4.78 is 2.36. The maximum atomic E-state index is 8.96. The van der Waals surface area contributed by atoms with E-state index in [1.54, 1.807) is 6.07 Å². The van der Waals surface area contributed by atoms with Crippen molar-refractivity contribution in [3.63, 3.8) is 0 Å². The highest BCUT2D eigenvalue weighted by Gasteiger charge is 2.07. The molecule has 16 heavy (non-hydrogen) atoms. The fourth-order valence-corrected chi connectivity index (χ4v) is 1.99. The van der Waals surface area contributed by atoms with Crippen LogP contribution in [-0.4, -0.2) is 9.55 Å². The number of nitriles is 1. The molecule has 1 aromatic heterocycles. The number of hydrogen-bond acceptors (Lipinski definition) is 2. The van der Waals surface area contributed by atoms with E-state index in [1.165, 1.54) is 0 Å². The van der Waals surface area contributed by atoms with Crippen LogP contribution in [0.1, 0.15) is 5.56 Å². The molecule has 1 aromatic carbocycles. The molecule has 80 valence electrons. The minimum Gasteiger partial charge on any atom is -0.329 e. The second-order valence-corrected chi connectivity index (χ2v) is 4.27. The molecule has 0 saturated carbocycles. The third-order valence-electron chi connectivity index (χ3n) is 2.26. The fraction of sp³-hybridized carbons (Fsp3) is 0.0909. The molecule has 0 atom stereocenters. The summed E-state index contributed by atoms with van der Waals surface area (Å²) in [6.07, 6.45) is 0. The van der Waals surface area contributed by atoms with Crippen LogP contribution < -0.4 is 0 Å². The Kier molecular flexibility index (Phi) is 2.82. The van der Waals surface area contributed by atoms with Gasteiger partial charge in [-0.25, -0.2) is 0 Å². The zero-order valence-corrected chi connectivity index (χ0v) is 9.90. The Morgan fingerprint density at radius 2 is 2.38 bits per heavy atom. The Bertz CT molecular complexity index is 660. The van der Waals surface area contributed by atoms with Gasteiger partial charge in [-0.1, -0.05) is 24.2 Å². The van der Waals surface area contributed by atoms with Crippen LogP contribution >= 0.6 is 23.8 Å². The lowest BCUT2D eigenvalue weighted by molar-refractivity contribution is 0.825. The number of nitrogens with zero attached hydrogens (tertiary/aromatic N) is 2. The molecular weight excluding hydrogens is 242 g/mol. The molecule has 2 aromatic rings. The molecular formula is C11H8ClN3S. The lowest BCUT2D eigenvalue weighted by Gasteiger charge is -2.01. The van der Waals surface area contributed by atoms with Gasteiger partial charge in [-0.3, -0.25) is 0 Å². The maximum absolute atomic E-state index is 8.96. The van der Waals surface area contributed by atoms with E-state index in [1.807, 2.05) is 16.7 Å². The highest BCUT2D eigenvalue weighted by Crippen LogP contribution is 2.19. The Balaban J connectivity index is 2.77. The number of nitrogens with one attached hydrogen (secondary N) is 1. The standard InChI is InChI=1S/C11H8ClN3S/c1-7(12)6-15-9-4-2-3-8(5-13)10(9)14-11(15)16/h2-4H,1,6H2,(H,14,16). The zero-order chi connectivity index (χ0) is 11.7. The van der Waals surface area contributed by atoms with E-state index in [4.69, 9.17) is 29.1 Å². The van der Waals surface area contributed by atoms with Crippen molar-refractivity contribution in [2.45, 2.75) is 6.54 Å². The van der Waals surface area contributed by atoms with E-state index >= 15 is 0 Å². The average Bonchev–Trinajstić information content (AvgIpc) is 2.55. The van der Waals surface area contributed by atoms with Crippen LogP contribution in [0.4, 0.5) is 0 Å². The fourth-order valence-electron chi connectivity index (χ4n) is 1.60. The number of imidazole rings is 1. The number of allylic oxidation sites excluding steroid dienone is 1. The summed E-state index contributed by atoms with van der Waals surface area (Å²) in [5, 5.41) is 9.46. The Labute approximate surface area is 103 Å². The number of hydrogen-bond donors (Lipinski definition) is 1. The third kappa shape index (κ3) is 1.75. The zero-order valence-electron chi connectivity index (χ0n) is 8.33. The van der Waals surface area contributed by atoms with Gasteiger partial charge in [0.1, 0.15) is 6.07 Å². The van der Waals surface area contributed by atoms with Gasteiger partial charge in [-0.15, -0.1) is 0 Å². The molecule has 5 heteroatoms. The van der Waals surface area contributed by atoms with Gasteiger partial charge in [0.25, 0.3) is 0 Å². The monoisotopic (exact) mass is 249 g/mol. The van der Waals surface area contributed by atoms with Crippen LogP contribution in [0.3, 0.4) is 0 Å². The average molecular weight is 250 g/mol. The Morgan fingerprint density at radius 3 is 3.00 bits per heavy atom. The van der Waals surface area contributed by atoms with Crippen LogP contribution in [0.15, 0.2) is 29.8 Å². The Morgan fingerprint density at radius 1 is 1.62 bits per heavy atom. The number of aromatic nitrogens is 2. The predicted octanol–water partition coefficient (Wildman–Crippen LogP) is 3.32. The minimum atomic E-state index is 0.440. The van der Waals surface area contributed by atoms with E-state index in [0.29, 0.717) is 21.9 Å². The lowest BCUT2D eigenvalue weighted by atomic mass is 10.2. The number of aromatic amines is 1. The van der Waals surface area contributed by atoms with Crippen molar-refractivity contribution in [1.82, 2.24) is 9.55 Å². The topological polar surface area (TPSA) is 44.5 Å². The predicted molar refractivity (Wildman–Crippen MR) is 66.8 cm³/mol. The highest BCUT2D eigenvalue weighted by atomic mass is 35.5. The van der Waals surface area contributed by atoms with Crippen molar-refractivity contribution < 1.29 is 0 Å². The molecule has 1 heterocycles. The number of para-hydroxylation sites is 1. The van der Waals surface area contributed by atoms with Crippen LogP contribution in [0.5, 0.6) is 0 Å². The quantitative estimate of drug-likeness (QED) is 0.830. The normalized spacial score (nSPS) is 10.2. The van der Waals surface area contributed by atoms with Crippen molar-refractivity contribution in [2.24, 2.45) is 0 Å². The minimum absolute atomic E-state index is 0.440. The smallest absolute Gasteiger partial charge is 0.178 e. The molecule has 0 aliphatic carbocycles. The molecule has 3 nitrogen and oxygen atoms in total. The molecule has 0 aliphatic rings. The molecule has 0 bridgehead atoms. The van der Waals surface area contributed by atoms with Gasteiger partial charge in [0, 0.05) is 5.03 Å². The first-order valence-electron chi connectivity index (χ1n) is 4.58. The molecule has 2 rings (SSSR count). The number of halogens is 1. The van der Waals surface area contributed by atoms with Crippen LogP contribution in [0.25, 0.3) is 11.0 Å². The number of H-pyrrole nitrogens is 1. The van der Waals surface area contributed by atoms with Crippen molar-refractivity contribution in [1.29, 1.82) is 5.26 Å². The van der Waals surface area contributed by atoms with Crippen molar-refractivity contribution in [3.8, 4) is 6.07 Å². The SMILES string of the molecule is C=C(Cl)Cn1c(=S)[nH]c2c(C#N)cccc21. The van der Waals surface area contributed by atoms with Gasteiger partial charge in [-0.05, 0) is 24.4 Å². The van der Waals surface area contributed by atoms with Gasteiger partial charge >= 0.3 is 0 Å². The van der Waals surface area contributed by atoms with E-state index in [9.17, 15) is 0 Å². The summed E-state index contributed by atoms with van der Waals surface area (Å²) >= 11 is 11.0. The van der Waals surface area contributed by atoms with Gasteiger partial charge in [-0.2, -0.15) is 5.26 Å². The maximum Gasteiger partial charge on any atom is 0.178 e. The van der Waals surface area contributed by atoms with E-state index in [-0.39, 0.29) is 0 Å². The van der Waals surface area contributed by atoms with Gasteiger partial charge in [0.05, 0.1) is 23.1 Å². The molecule has 1 N–H and O–H groups in total. The number of fused-ring (bicyclic) bond motifs is 1. The highest BCUT2D eigenvalue weighted by molar-refractivity contribution is 7.71. The molecule has 0 unspecified atom stereocenters. The molecule has 0 spiro atoms. The summed E-state index contributed by atoms with van der Waals surface area (Å²) in [7, 11) is 0. The largest absolute Gasteiger partial charge is 0.329 e. The van der Waals surface area contributed by atoms with Crippen LogP contribution in [0.2, 0.25) is 0 Å². The van der Waals surface area contributed by atoms with Gasteiger partial charge in [0.2, 0.25) is 0 Å². The lowest BCUT2D eigenvalue weighted by Crippen LogP contribution is -1.96. The number of benzene rings is 1. The van der Waals surface area contributed by atoms with Gasteiger partial charge in [0.15, 0.2) is 4.77 Å². The summed E-state index contributed by atoms with van der Waals surface area (Å²) in [5.74, 6) is 0. The summed E-state index contributed by atoms with van der Waals surface area (Å²) in [6.45, 7) is 4.08. The first kappa shape index (κ1) is 10.9. The summed E-state index contributed by atoms with van der Waals surface area (Å²) in [5.41, 5.74) is 2.18. The van der Waals surface area contributed by atoms with E-state index < -0.39 is 0 Å². The second kappa shape index (κ2) is 4.12. The summed E-state index contributed by atoms with van der Waals surface area (Å²) in [6, 6.07) is 7.57. The van der Waals surface area contributed by atoms with Crippen molar-refractivity contribution in [2.75, 3.05) is 0 Å². The van der Waals surface area contributed by atoms with Crippen molar-refractivity contribution in [3.05, 3.63) is 40.1 Å². The molecule has 0 aliphatic heterocycles. The molecule has 0 saturated heterocycles. The first-order valence-corrected chi connectivity index (χ1v) is 5.37. The van der Waals surface area contributed by atoms with Crippen LogP contribution in [0, 0.1) is 16.1 Å². The van der Waals surface area contributed by atoms with Gasteiger partial charge < -0.3 is 9.55 Å². The summed E-state index contributed by atoms with van der Waals surface area (Å²) in [4.78, 5) is 3.01. The first-order chi connectivity index (χ1) is 7.63. The number of rotatable bonds is 2. The molecule has 0 fully saturated rings. The van der Waals surface area contributed by atoms with Crippen molar-refractivity contribution >= 4 is 34.9 Å². The third-order valence-corrected chi connectivity index (χ3v) is 2.70. The van der Waals surface area contributed by atoms with Crippen LogP contribution in [-0.2, 0) is 6.54 Å². The second-order valence-electron chi connectivity index (χ2n) is 3.35. The molecule has 0 radical (unpaired) electrons. The van der Waals surface area contributed by atoms with E-state index in [0.717, 1.165) is 11.0 Å². The molecule has 0 amide bonds. The van der Waals surface area contributed by atoms with E-state index in [2.05, 4.69) is 17.6 Å². The Hall–Kier alpha value is -1.57.